The van der Waals surface area contributed by atoms with E-state index in [9.17, 15) is 0 Å². The van der Waals surface area contributed by atoms with Crippen molar-refractivity contribution in [2.75, 3.05) is 0 Å². The maximum absolute atomic E-state index is 6.52. The molecule has 0 N–H and O–H groups in total. The van der Waals surface area contributed by atoms with Crippen LogP contribution in [0.1, 0.15) is 76.7 Å². The summed E-state index contributed by atoms with van der Waals surface area (Å²) in [5, 5.41) is 2.11. The molecule has 0 radical (unpaired) electrons. The second-order valence-corrected chi connectivity index (χ2v) is 15.0. The number of allylic oxidation sites excluding steroid dienone is 17. The lowest BCUT2D eigenvalue weighted by Crippen LogP contribution is -2.23. The first-order valence-electron chi connectivity index (χ1n) is 19.6. The average Bonchev–Trinajstić information content (AvgIpc) is 3.60. The van der Waals surface area contributed by atoms with Gasteiger partial charge in [-0.3, -0.25) is 0 Å². The highest BCUT2D eigenvalue weighted by Gasteiger charge is 2.28. The van der Waals surface area contributed by atoms with Gasteiger partial charge in [0.15, 0.2) is 17.5 Å². The summed E-state index contributed by atoms with van der Waals surface area (Å²) in [5.74, 6) is 2.43. The van der Waals surface area contributed by atoms with Crippen LogP contribution in [0.15, 0.2) is 167 Å². The number of hydrogen-bond acceptors (Lipinski definition) is 4. The highest BCUT2D eigenvalue weighted by atomic mass is 16.3. The molecule has 5 aromatic rings. The van der Waals surface area contributed by atoms with E-state index in [-0.39, 0.29) is 11.3 Å². The highest BCUT2D eigenvalue weighted by Crippen LogP contribution is 2.39. The average molecular weight is 722 g/mol. The van der Waals surface area contributed by atoms with Gasteiger partial charge in [-0.25, -0.2) is 15.0 Å². The Bertz CT molecular complexity index is 2510. The summed E-state index contributed by atoms with van der Waals surface area (Å²) in [7, 11) is 0. The molecule has 0 spiro atoms. The number of aryl methyl sites for hydroxylation is 1. The largest absolute Gasteiger partial charge is 0.455 e. The minimum absolute atomic E-state index is 0.225. The summed E-state index contributed by atoms with van der Waals surface area (Å²) in [6.07, 6.45) is 29.1. The molecule has 2 aliphatic carbocycles. The topological polar surface area (TPSA) is 51.8 Å². The number of furan rings is 1. The molecule has 4 heteroatoms. The van der Waals surface area contributed by atoms with Crippen LogP contribution in [0.25, 0.3) is 44.5 Å². The number of benzene rings is 3. The number of rotatable bonds is 9. The molecule has 0 aliphatic heterocycles. The van der Waals surface area contributed by atoms with Gasteiger partial charge in [-0.15, -0.1) is 0 Å². The first-order chi connectivity index (χ1) is 26.7. The summed E-state index contributed by atoms with van der Waals surface area (Å²) < 4.78 is 6.52. The molecule has 4 nitrogen and oxygen atoms in total. The molecule has 0 saturated carbocycles. The SMILES string of the molecule is C=C(/C=C\C(=C/C)c1nc(C2=C(C3=C/[C@@H](C)/C=C\C=C/[C@@H](C)/C=C\3)C=CCC2)nc(-c2cccc3c2oc2ccccc23)n1)C(C)(CC)c1ccccc1C. The van der Waals surface area contributed by atoms with Crippen molar-refractivity contribution in [1.29, 1.82) is 0 Å². The third-order valence-electron chi connectivity index (χ3n) is 11.2. The lowest BCUT2D eigenvalue weighted by atomic mass is 9.72. The fourth-order valence-corrected chi connectivity index (χ4v) is 7.68. The fraction of sp³-hybridized carbons (Fsp3) is 0.235. The Balaban J connectivity index is 1.40. The van der Waals surface area contributed by atoms with Crippen molar-refractivity contribution in [1.82, 2.24) is 15.0 Å². The summed E-state index contributed by atoms with van der Waals surface area (Å²) in [6, 6.07) is 23.0. The van der Waals surface area contributed by atoms with Crippen molar-refractivity contribution in [3.05, 3.63) is 186 Å². The Morgan fingerprint density at radius 2 is 1.60 bits per heavy atom. The Morgan fingerprint density at radius 1 is 0.855 bits per heavy atom. The van der Waals surface area contributed by atoms with E-state index >= 15 is 0 Å². The fourth-order valence-electron chi connectivity index (χ4n) is 7.68. The Kier molecular flexibility index (Phi) is 11.1. The molecule has 3 atom stereocenters. The van der Waals surface area contributed by atoms with Crippen LogP contribution in [-0.4, -0.2) is 15.0 Å². The molecule has 3 aromatic carbocycles. The highest BCUT2D eigenvalue weighted by molar-refractivity contribution is 6.09. The van der Waals surface area contributed by atoms with Gasteiger partial charge in [-0.1, -0.05) is 162 Å². The van der Waals surface area contributed by atoms with Crippen molar-refractivity contribution in [2.45, 2.75) is 66.2 Å². The van der Waals surface area contributed by atoms with Crippen LogP contribution >= 0.6 is 0 Å². The molecule has 0 fully saturated rings. The van der Waals surface area contributed by atoms with Gasteiger partial charge in [0.1, 0.15) is 11.2 Å². The quantitative estimate of drug-likeness (QED) is 0.142. The van der Waals surface area contributed by atoms with Gasteiger partial charge < -0.3 is 4.42 Å². The van der Waals surface area contributed by atoms with E-state index in [2.05, 4.69) is 163 Å². The van der Waals surface area contributed by atoms with Gasteiger partial charge in [0.2, 0.25) is 0 Å². The zero-order valence-electron chi connectivity index (χ0n) is 33.0. The lowest BCUT2D eigenvalue weighted by molar-refractivity contribution is 0.547. The molecule has 0 saturated heterocycles. The predicted octanol–water partition coefficient (Wildman–Crippen LogP) is 13.6. The molecule has 55 heavy (non-hydrogen) atoms. The van der Waals surface area contributed by atoms with E-state index in [1.54, 1.807) is 0 Å². The van der Waals surface area contributed by atoms with E-state index in [1.165, 1.54) is 16.7 Å². The van der Waals surface area contributed by atoms with Gasteiger partial charge in [-0.05, 0) is 84.9 Å². The van der Waals surface area contributed by atoms with Crippen molar-refractivity contribution in [3.63, 3.8) is 0 Å². The standard InChI is InChI=1S/C51H51N3O/c1-8-38(32-30-37(6)51(7,9-2)45-27-16-12-21-36(45)5)48-52-49(43-24-14-13-22-40(43)39-31-29-34(3)19-10-11-20-35(4)33-39)54-50(53-48)44-26-18-25-42-41-23-15-17-28-46(41)55-47(42)44/h8,10-13,15-23,25-35H,6,9,14,24H2,1-5,7H3/b19-10-,20-11-,31-29-,32-30-,38-8+,39-33+/t34-,35+,51?/m1/s1. The Labute approximate surface area is 326 Å². The molecule has 7 rings (SSSR count). The molecule has 0 bridgehead atoms. The Morgan fingerprint density at radius 3 is 2.40 bits per heavy atom. The number of nitrogens with zero attached hydrogens (tertiary/aromatic N) is 3. The Hall–Kier alpha value is -5.87. The van der Waals surface area contributed by atoms with E-state index in [0.29, 0.717) is 23.4 Å². The van der Waals surface area contributed by atoms with E-state index < -0.39 is 0 Å². The molecule has 1 unspecified atom stereocenters. The van der Waals surface area contributed by atoms with Gasteiger partial charge in [-0.2, -0.15) is 0 Å². The van der Waals surface area contributed by atoms with Crippen LogP contribution in [0, 0.1) is 18.8 Å². The molecular weight excluding hydrogens is 671 g/mol. The van der Waals surface area contributed by atoms with Gasteiger partial charge in [0.05, 0.1) is 5.56 Å². The smallest absolute Gasteiger partial charge is 0.167 e. The number of para-hydroxylation sites is 2. The predicted molar refractivity (Wildman–Crippen MR) is 232 cm³/mol. The first kappa shape index (κ1) is 37.4. The van der Waals surface area contributed by atoms with Gasteiger partial charge in [0, 0.05) is 27.3 Å². The van der Waals surface area contributed by atoms with E-state index in [4.69, 9.17) is 19.4 Å². The van der Waals surface area contributed by atoms with E-state index in [1.807, 2.05) is 25.1 Å². The van der Waals surface area contributed by atoms with Crippen molar-refractivity contribution < 1.29 is 4.42 Å². The van der Waals surface area contributed by atoms with Crippen LogP contribution in [-0.2, 0) is 5.41 Å². The molecule has 2 heterocycles. The monoisotopic (exact) mass is 721 g/mol. The maximum atomic E-state index is 6.52. The molecule has 2 aromatic heterocycles. The van der Waals surface area contributed by atoms with Crippen LogP contribution < -0.4 is 0 Å². The third kappa shape index (κ3) is 7.73. The van der Waals surface area contributed by atoms with Crippen LogP contribution in [0.4, 0.5) is 0 Å². The van der Waals surface area contributed by atoms with Crippen LogP contribution in [0.2, 0.25) is 0 Å². The van der Waals surface area contributed by atoms with E-state index in [0.717, 1.165) is 69.1 Å². The zero-order chi connectivity index (χ0) is 38.5. The van der Waals surface area contributed by atoms with Gasteiger partial charge in [0.25, 0.3) is 0 Å². The van der Waals surface area contributed by atoms with Gasteiger partial charge >= 0.3 is 0 Å². The summed E-state index contributed by atoms with van der Waals surface area (Å²) in [4.78, 5) is 15.8. The first-order valence-corrected chi connectivity index (χ1v) is 19.6. The maximum Gasteiger partial charge on any atom is 0.167 e. The minimum Gasteiger partial charge on any atom is -0.455 e. The summed E-state index contributed by atoms with van der Waals surface area (Å²) in [6.45, 7) is 17.8. The summed E-state index contributed by atoms with van der Waals surface area (Å²) >= 11 is 0. The third-order valence-corrected chi connectivity index (χ3v) is 11.2. The summed E-state index contributed by atoms with van der Waals surface area (Å²) in [5.41, 5.74) is 10.1. The number of hydrogen-bond donors (Lipinski definition) is 0. The van der Waals surface area contributed by atoms with Crippen molar-refractivity contribution >= 4 is 33.1 Å². The minimum atomic E-state index is -0.225. The van der Waals surface area contributed by atoms with Crippen LogP contribution in [0.3, 0.4) is 0 Å². The number of fused-ring (bicyclic) bond motifs is 3. The van der Waals surface area contributed by atoms with Crippen LogP contribution in [0.5, 0.6) is 0 Å². The number of aromatic nitrogens is 3. The molecule has 2 aliphatic rings. The normalized spacial score (nSPS) is 21.7. The molecule has 276 valence electrons. The second-order valence-electron chi connectivity index (χ2n) is 15.0. The lowest BCUT2D eigenvalue weighted by Gasteiger charge is -2.31. The second kappa shape index (κ2) is 16.2. The van der Waals surface area contributed by atoms with Crippen molar-refractivity contribution in [2.24, 2.45) is 11.8 Å². The zero-order valence-corrected chi connectivity index (χ0v) is 33.0. The van der Waals surface area contributed by atoms with Crippen molar-refractivity contribution in [3.8, 4) is 11.4 Å². The molecular formula is C51H51N3O. The molecule has 0 amide bonds.